The highest BCUT2D eigenvalue weighted by atomic mass is 35.5. The van der Waals surface area contributed by atoms with Gasteiger partial charge in [-0.1, -0.05) is 55.8 Å². The Bertz CT molecular complexity index is 898. The first-order valence-corrected chi connectivity index (χ1v) is 8.50. The number of aromatic nitrogens is 2. The first kappa shape index (κ1) is 17.2. The summed E-state index contributed by atoms with van der Waals surface area (Å²) in [7, 11) is 0. The maximum Gasteiger partial charge on any atom is 0.354 e. The second-order valence-electron chi connectivity index (χ2n) is 6.41. The van der Waals surface area contributed by atoms with Crippen LogP contribution < -0.4 is 0 Å². The number of halogens is 1. The Labute approximate surface area is 151 Å². The summed E-state index contributed by atoms with van der Waals surface area (Å²) in [5.41, 5.74) is 3.48. The summed E-state index contributed by atoms with van der Waals surface area (Å²) >= 11 is 6.02. The highest BCUT2D eigenvalue weighted by Crippen LogP contribution is 2.24. The summed E-state index contributed by atoms with van der Waals surface area (Å²) in [6.07, 6.45) is 1.01. The second-order valence-corrected chi connectivity index (χ2v) is 6.84. The van der Waals surface area contributed by atoms with Crippen molar-refractivity contribution in [2.75, 3.05) is 0 Å². The van der Waals surface area contributed by atoms with Crippen molar-refractivity contribution in [2.45, 2.75) is 20.3 Å². The SMILES string of the molecule is CC(C)Cc1ccc(-c2cc(C(=O)O)n(-c3cccc(Cl)c3)n2)cc1. The lowest BCUT2D eigenvalue weighted by atomic mass is 10.0. The smallest absolute Gasteiger partial charge is 0.354 e. The number of hydrogen-bond acceptors (Lipinski definition) is 2. The van der Waals surface area contributed by atoms with E-state index in [4.69, 9.17) is 11.6 Å². The van der Waals surface area contributed by atoms with Crippen molar-refractivity contribution >= 4 is 17.6 Å². The number of carboxylic acids is 1. The van der Waals surface area contributed by atoms with Gasteiger partial charge < -0.3 is 5.11 Å². The maximum atomic E-state index is 11.6. The van der Waals surface area contributed by atoms with Crippen LogP contribution in [0.3, 0.4) is 0 Å². The molecule has 128 valence electrons. The molecule has 0 saturated heterocycles. The topological polar surface area (TPSA) is 55.1 Å². The Morgan fingerprint density at radius 1 is 1.16 bits per heavy atom. The monoisotopic (exact) mass is 354 g/mol. The van der Waals surface area contributed by atoms with Crippen LogP contribution >= 0.6 is 11.6 Å². The molecule has 0 aliphatic rings. The van der Waals surface area contributed by atoms with E-state index in [0.717, 1.165) is 12.0 Å². The molecule has 0 fully saturated rings. The minimum Gasteiger partial charge on any atom is -0.477 e. The molecule has 1 aromatic heterocycles. The van der Waals surface area contributed by atoms with Crippen LogP contribution in [0.5, 0.6) is 0 Å². The number of hydrogen-bond donors (Lipinski definition) is 1. The summed E-state index contributed by atoms with van der Waals surface area (Å²) in [6, 6.07) is 16.6. The summed E-state index contributed by atoms with van der Waals surface area (Å²) in [5.74, 6) is -0.443. The minimum atomic E-state index is -1.03. The number of carbonyl (C=O) groups is 1. The molecule has 2 aromatic carbocycles. The van der Waals surface area contributed by atoms with E-state index in [9.17, 15) is 9.90 Å². The molecule has 0 radical (unpaired) electrons. The van der Waals surface area contributed by atoms with Gasteiger partial charge in [-0.05, 0) is 42.2 Å². The summed E-state index contributed by atoms with van der Waals surface area (Å²) in [5, 5.41) is 14.5. The Morgan fingerprint density at radius 3 is 2.48 bits per heavy atom. The van der Waals surface area contributed by atoms with Crippen LogP contribution in [-0.2, 0) is 6.42 Å². The fraction of sp³-hybridized carbons (Fsp3) is 0.200. The number of rotatable bonds is 5. The van der Waals surface area contributed by atoms with Crippen molar-refractivity contribution in [3.8, 4) is 16.9 Å². The van der Waals surface area contributed by atoms with Crippen molar-refractivity contribution in [3.63, 3.8) is 0 Å². The zero-order valence-electron chi connectivity index (χ0n) is 14.1. The third kappa shape index (κ3) is 3.91. The van der Waals surface area contributed by atoms with Gasteiger partial charge in [0.25, 0.3) is 0 Å². The standard InChI is InChI=1S/C20H19ClN2O2/c1-13(2)10-14-6-8-15(9-7-14)18-12-19(20(24)25)23(22-18)17-5-3-4-16(21)11-17/h3-9,11-13H,10H2,1-2H3,(H,24,25). The Hall–Kier alpha value is -2.59. The van der Waals surface area contributed by atoms with E-state index in [1.54, 1.807) is 30.3 Å². The van der Waals surface area contributed by atoms with Gasteiger partial charge >= 0.3 is 5.97 Å². The number of carboxylic acid groups (broad SMARTS) is 1. The molecule has 0 saturated carbocycles. The fourth-order valence-electron chi connectivity index (χ4n) is 2.76. The van der Waals surface area contributed by atoms with Crippen molar-refractivity contribution in [1.29, 1.82) is 0 Å². The van der Waals surface area contributed by atoms with Crippen LogP contribution in [0.15, 0.2) is 54.6 Å². The molecule has 3 rings (SSSR count). The molecule has 0 atom stereocenters. The average Bonchev–Trinajstić information content (AvgIpc) is 3.00. The van der Waals surface area contributed by atoms with Crippen molar-refractivity contribution in [2.24, 2.45) is 5.92 Å². The molecular formula is C20H19ClN2O2. The van der Waals surface area contributed by atoms with Gasteiger partial charge in [-0.25, -0.2) is 9.48 Å². The minimum absolute atomic E-state index is 0.100. The first-order chi connectivity index (χ1) is 11.9. The maximum absolute atomic E-state index is 11.6. The number of benzene rings is 2. The molecule has 3 aromatic rings. The third-order valence-corrected chi connectivity index (χ3v) is 4.11. The molecule has 25 heavy (non-hydrogen) atoms. The van der Waals surface area contributed by atoms with Gasteiger partial charge in [0.1, 0.15) is 0 Å². The van der Waals surface area contributed by atoms with Gasteiger partial charge in [-0.15, -0.1) is 0 Å². The van der Waals surface area contributed by atoms with Gasteiger partial charge in [0.2, 0.25) is 0 Å². The average molecular weight is 355 g/mol. The van der Waals surface area contributed by atoms with Gasteiger partial charge in [0.15, 0.2) is 5.69 Å². The van der Waals surface area contributed by atoms with E-state index >= 15 is 0 Å². The van der Waals surface area contributed by atoms with Gasteiger partial charge in [0.05, 0.1) is 11.4 Å². The molecular weight excluding hydrogens is 336 g/mol. The van der Waals surface area contributed by atoms with Crippen molar-refractivity contribution in [3.05, 3.63) is 70.9 Å². The van der Waals surface area contributed by atoms with E-state index in [1.807, 2.05) is 12.1 Å². The zero-order chi connectivity index (χ0) is 18.0. The molecule has 0 aliphatic carbocycles. The lowest BCUT2D eigenvalue weighted by molar-refractivity contribution is 0.0687. The van der Waals surface area contributed by atoms with Gasteiger partial charge in [-0.2, -0.15) is 5.10 Å². The van der Waals surface area contributed by atoms with Crippen LogP contribution in [0.1, 0.15) is 29.9 Å². The molecule has 4 nitrogen and oxygen atoms in total. The van der Waals surface area contributed by atoms with Crippen LogP contribution in [0.2, 0.25) is 5.02 Å². The summed E-state index contributed by atoms with van der Waals surface area (Å²) < 4.78 is 1.41. The Kier molecular flexibility index (Phi) is 4.91. The van der Waals surface area contributed by atoms with Crippen LogP contribution in [0.25, 0.3) is 16.9 Å². The molecule has 5 heteroatoms. The van der Waals surface area contributed by atoms with Crippen LogP contribution in [0.4, 0.5) is 0 Å². The number of nitrogens with zero attached hydrogens (tertiary/aromatic N) is 2. The fourth-order valence-corrected chi connectivity index (χ4v) is 2.95. The summed E-state index contributed by atoms with van der Waals surface area (Å²) in [6.45, 7) is 4.36. The van der Waals surface area contributed by atoms with Crippen LogP contribution in [0, 0.1) is 5.92 Å². The highest BCUT2D eigenvalue weighted by Gasteiger charge is 2.17. The van der Waals surface area contributed by atoms with E-state index < -0.39 is 5.97 Å². The van der Waals surface area contributed by atoms with Gasteiger partial charge in [-0.3, -0.25) is 0 Å². The predicted molar refractivity (Wildman–Crippen MR) is 99.5 cm³/mol. The Balaban J connectivity index is 2.01. The number of aromatic carboxylic acids is 1. The Morgan fingerprint density at radius 2 is 1.88 bits per heavy atom. The van der Waals surface area contributed by atoms with Gasteiger partial charge in [0, 0.05) is 10.6 Å². The molecule has 0 spiro atoms. The molecule has 1 heterocycles. The van der Waals surface area contributed by atoms with E-state index in [1.165, 1.54) is 10.2 Å². The molecule has 1 N–H and O–H groups in total. The normalized spacial score (nSPS) is 11.0. The summed E-state index contributed by atoms with van der Waals surface area (Å²) in [4.78, 5) is 11.6. The second kappa shape index (κ2) is 7.11. The zero-order valence-corrected chi connectivity index (χ0v) is 14.9. The molecule has 0 aliphatic heterocycles. The predicted octanol–water partition coefficient (Wildman–Crippen LogP) is 5.09. The van der Waals surface area contributed by atoms with E-state index in [0.29, 0.717) is 22.3 Å². The molecule has 0 unspecified atom stereocenters. The lowest BCUT2D eigenvalue weighted by Crippen LogP contribution is -2.07. The van der Waals surface area contributed by atoms with E-state index in [2.05, 4.69) is 31.1 Å². The lowest BCUT2D eigenvalue weighted by Gasteiger charge is -2.06. The largest absolute Gasteiger partial charge is 0.477 e. The van der Waals surface area contributed by atoms with Crippen LogP contribution in [-0.4, -0.2) is 20.9 Å². The van der Waals surface area contributed by atoms with Crippen molar-refractivity contribution in [1.82, 2.24) is 9.78 Å². The third-order valence-electron chi connectivity index (χ3n) is 3.87. The quantitative estimate of drug-likeness (QED) is 0.694. The molecule has 0 amide bonds. The van der Waals surface area contributed by atoms with E-state index in [-0.39, 0.29) is 5.69 Å². The first-order valence-electron chi connectivity index (χ1n) is 8.12. The molecule has 0 bridgehead atoms. The van der Waals surface area contributed by atoms with Crippen molar-refractivity contribution < 1.29 is 9.90 Å². The highest BCUT2D eigenvalue weighted by molar-refractivity contribution is 6.30.